The summed E-state index contributed by atoms with van der Waals surface area (Å²) in [6.45, 7) is 0. The molecule has 53 heavy (non-hydrogen) atoms. The fraction of sp³-hybridized carbons (Fsp3) is 0. The number of fused-ring (bicyclic) bond motifs is 4. The van der Waals surface area contributed by atoms with E-state index < -0.39 is 23.9 Å². The van der Waals surface area contributed by atoms with Crippen LogP contribution >= 0.6 is 0 Å². The van der Waals surface area contributed by atoms with E-state index in [1.165, 1.54) is 24.3 Å². The summed E-state index contributed by atoms with van der Waals surface area (Å²) in [5, 5.41) is 38.5. The Bertz CT molecular complexity index is 2220. The molecule has 4 aromatic heterocycles. The van der Waals surface area contributed by atoms with Gasteiger partial charge in [-0.15, -0.1) is 0 Å². The third-order valence-corrected chi connectivity index (χ3v) is 7.27. The van der Waals surface area contributed by atoms with Crippen LogP contribution in [0.25, 0.3) is 43.6 Å². The fourth-order valence-electron chi connectivity index (χ4n) is 4.74. The van der Waals surface area contributed by atoms with Crippen LogP contribution in [0.15, 0.2) is 146 Å². The molecular weight excluding hydrogens is 855 g/mol. The maximum Gasteiger partial charge on any atom is 0.354 e. The molecule has 0 aliphatic rings. The van der Waals surface area contributed by atoms with E-state index in [9.17, 15) is 19.2 Å². The van der Waals surface area contributed by atoms with Gasteiger partial charge in [0.25, 0.3) is 0 Å². The van der Waals surface area contributed by atoms with Crippen molar-refractivity contribution < 1.29 is 59.4 Å². The van der Waals surface area contributed by atoms with Crippen LogP contribution in [0.1, 0.15) is 42.0 Å². The van der Waals surface area contributed by atoms with Crippen molar-refractivity contribution >= 4 is 67.5 Å². The second-order valence-electron chi connectivity index (χ2n) is 10.8. The number of para-hydroxylation sites is 4. The third-order valence-electron chi connectivity index (χ3n) is 7.27. The summed E-state index contributed by atoms with van der Waals surface area (Å²) in [6.07, 6.45) is 0. The van der Waals surface area contributed by atoms with Gasteiger partial charge >= 0.3 is 23.9 Å². The number of rotatable bonds is 4. The summed E-state index contributed by atoms with van der Waals surface area (Å²) in [5.41, 5.74) is 3.17. The van der Waals surface area contributed by atoms with Gasteiger partial charge in [-0.05, 0) is 48.5 Å². The number of hydrogen-bond donors (Lipinski definition) is 4. The summed E-state index contributed by atoms with van der Waals surface area (Å²) in [4.78, 5) is 58.2. The van der Waals surface area contributed by atoms with Gasteiger partial charge in [0.05, 0.1) is 22.1 Å². The van der Waals surface area contributed by atoms with Crippen LogP contribution in [0.3, 0.4) is 0 Å². The minimum atomic E-state index is -0.995. The monoisotopic (exact) mass is 884 g/mol. The van der Waals surface area contributed by atoms with Gasteiger partial charge in [0, 0.05) is 41.3 Å². The van der Waals surface area contributed by atoms with Gasteiger partial charge in [-0.3, -0.25) is 0 Å². The molecule has 0 saturated carbocycles. The standard InChI is InChI=1S/4C10H7NO2.Os/c4*12-10(13)9-6-5-7-3-1-2-4-8(7)11-9;/h4*1-6H,(H,12,13);. The van der Waals surface area contributed by atoms with E-state index in [2.05, 4.69) is 19.9 Å². The van der Waals surface area contributed by atoms with Crippen molar-refractivity contribution in [2.45, 2.75) is 0 Å². The average Bonchev–Trinajstić information content (AvgIpc) is 3.17. The van der Waals surface area contributed by atoms with Gasteiger partial charge in [0.1, 0.15) is 22.8 Å². The zero-order valence-corrected chi connectivity index (χ0v) is 30.0. The molecule has 4 N–H and O–H groups in total. The molecule has 0 aliphatic heterocycles. The minimum Gasteiger partial charge on any atom is -0.477 e. The Labute approximate surface area is 314 Å². The first-order valence-electron chi connectivity index (χ1n) is 15.5. The predicted octanol–water partition coefficient (Wildman–Crippen LogP) is 7.73. The summed E-state index contributed by atoms with van der Waals surface area (Å²) >= 11 is 0. The Balaban J connectivity index is 0.000000157. The number of carboxylic acid groups (broad SMARTS) is 4. The molecule has 4 heterocycles. The first-order chi connectivity index (χ1) is 25.1. The first kappa shape index (κ1) is 38.8. The molecule has 0 fully saturated rings. The van der Waals surface area contributed by atoms with Crippen LogP contribution in [-0.2, 0) is 19.8 Å². The molecule has 264 valence electrons. The number of carboxylic acids is 4. The number of carbonyl (C=O) groups is 4. The van der Waals surface area contributed by atoms with Crippen molar-refractivity contribution in [1.82, 2.24) is 19.9 Å². The number of benzene rings is 4. The van der Waals surface area contributed by atoms with E-state index >= 15 is 0 Å². The Hall–Kier alpha value is -6.96. The Morgan fingerprint density at radius 2 is 0.491 bits per heavy atom. The SMILES string of the molecule is O=C(O)c1ccc2ccccc2n1.O=C(O)c1ccc2ccccc2n1.O=C(O)c1ccc2ccccc2n1.O=C(O)c1ccc2ccccc2n1.[Os]. The minimum absolute atomic E-state index is 0. The van der Waals surface area contributed by atoms with Crippen LogP contribution in [0, 0.1) is 0 Å². The van der Waals surface area contributed by atoms with E-state index in [-0.39, 0.29) is 42.6 Å². The van der Waals surface area contributed by atoms with E-state index in [1.54, 1.807) is 48.5 Å². The van der Waals surface area contributed by atoms with Crippen molar-refractivity contribution in [3.05, 3.63) is 168 Å². The second kappa shape index (κ2) is 18.3. The molecule has 8 aromatic rings. The number of nitrogens with zero attached hydrogens (tertiary/aromatic N) is 4. The Kier molecular flexibility index (Phi) is 13.4. The van der Waals surface area contributed by atoms with E-state index in [0.717, 1.165) is 21.5 Å². The van der Waals surface area contributed by atoms with Crippen LogP contribution in [0.4, 0.5) is 0 Å². The fourth-order valence-corrected chi connectivity index (χ4v) is 4.74. The zero-order valence-electron chi connectivity index (χ0n) is 27.4. The molecule has 0 spiro atoms. The van der Waals surface area contributed by atoms with Crippen molar-refractivity contribution in [2.24, 2.45) is 0 Å². The van der Waals surface area contributed by atoms with Gasteiger partial charge in [-0.1, -0.05) is 97.1 Å². The van der Waals surface area contributed by atoms with Gasteiger partial charge in [-0.25, -0.2) is 39.1 Å². The van der Waals surface area contributed by atoms with Crippen LogP contribution < -0.4 is 0 Å². The van der Waals surface area contributed by atoms with Gasteiger partial charge < -0.3 is 20.4 Å². The molecule has 0 unspecified atom stereocenters. The Morgan fingerprint density at radius 3 is 0.679 bits per heavy atom. The van der Waals surface area contributed by atoms with Crippen LogP contribution in [-0.4, -0.2) is 64.2 Å². The van der Waals surface area contributed by atoms with Gasteiger partial charge in [-0.2, -0.15) is 0 Å². The number of aromatic nitrogens is 4. The van der Waals surface area contributed by atoms with Gasteiger partial charge in [0.2, 0.25) is 0 Å². The van der Waals surface area contributed by atoms with Gasteiger partial charge in [0.15, 0.2) is 0 Å². The number of hydrogen-bond acceptors (Lipinski definition) is 8. The number of aromatic carboxylic acids is 4. The molecular formula is C40H28N4O8Os. The largest absolute Gasteiger partial charge is 0.477 e. The predicted molar refractivity (Wildman–Crippen MR) is 195 cm³/mol. The smallest absolute Gasteiger partial charge is 0.354 e. The summed E-state index contributed by atoms with van der Waals surface area (Å²) in [7, 11) is 0. The maximum absolute atomic E-state index is 10.6. The van der Waals surface area contributed by atoms with Crippen molar-refractivity contribution in [3.63, 3.8) is 0 Å². The number of pyridine rings is 4. The quantitative estimate of drug-likeness (QED) is 0.134. The summed E-state index contributed by atoms with van der Waals surface area (Å²) in [6, 6.07) is 42.7. The molecule has 0 radical (unpaired) electrons. The molecule has 0 atom stereocenters. The van der Waals surface area contributed by atoms with E-state index in [1.807, 2.05) is 72.8 Å². The van der Waals surface area contributed by atoms with Crippen molar-refractivity contribution in [2.75, 3.05) is 0 Å². The van der Waals surface area contributed by atoms with Crippen LogP contribution in [0.5, 0.6) is 0 Å². The molecule has 12 nitrogen and oxygen atoms in total. The normalized spacial score (nSPS) is 9.96. The topological polar surface area (TPSA) is 201 Å². The second-order valence-corrected chi connectivity index (χ2v) is 10.8. The average molecular weight is 883 g/mol. The molecule has 4 aromatic carbocycles. The third kappa shape index (κ3) is 10.5. The van der Waals surface area contributed by atoms with Crippen molar-refractivity contribution in [1.29, 1.82) is 0 Å². The van der Waals surface area contributed by atoms with Crippen LogP contribution in [0.2, 0.25) is 0 Å². The molecule has 0 saturated heterocycles. The van der Waals surface area contributed by atoms with Crippen molar-refractivity contribution in [3.8, 4) is 0 Å². The van der Waals surface area contributed by atoms with E-state index in [0.29, 0.717) is 22.1 Å². The maximum atomic E-state index is 10.6. The molecule has 0 bridgehead atoms. The van der Waals surface area contributed by atoms with E-state index in [4.69, 9.17) is 20.4 Å². The summed E-state index contributed by atoms with van der Waals surface area (Å²) in [5.74, 6) is -3.98. The zero-order chi connectivity index (χ0) is 37.0. The molecule has 0 aliphatic carbocycles. The Morgan fingerprint density at radius 1 is 0.302 bits per heavy atom. The molecule has 0 amide bonds. The summed E-state index contributed by atoms with van der Waals surface area (Å²) < 4.78 is 0. The molecule has 13 heteroatoms. The first-order valence-corrected chi connectivity index (χ1v) is 15.5. The molecule has 8 rings (SSSR count).